The number of ether oxygens (including phenoxy) is 1. The Kier molecular flexibility index (Phi) is 7.96. The van der Waals surface area contributed by atoms with Gasteiger partial charge >= 0.3 is 5.97 Å². The van der Waals surface area contributed by atoms with E-state index in [4.69, 9.17) is 4.74 Å². The standard InChI is InChI=1S/C21H27N3O5S/c1-15(2)20(23-30(27,28)18-8-6-5-7-9-18)21(26)29-14-19(25)22-16-10-12-17(13-11-16)24(3)4/h5-13,15,20,23H,14H2,1-4H3,(H,22,25)/t20-/m0/s1. The third-order valence-corrected chi connectivity index (χ3v) is 5.73. The molecule has 0 bridgehead atoms. The molecule has 0 aromatic heterocycles. The van der Waals surface area contributed by atoms with Gasteiger partial charge in [-0.1, -0.05) is 32.0 Å². The zero-order chi connectivity index (χ0) is 22.3. The molecule has 1 atom stereocenters. The monoisotopic (exact) mass is 433 g/mol. The van der Waals surface area contributed by atoms with Gasteiger partial charge in [-0.2, -0.15) is 4.72 Å². The van der Waals surface area contributed by atoms with Crippen molar-refractivity contribution in [1.82, 2.24) is 4.72 Å². The van der Waals surface area contributed by atoms with Crippen LogP contribution < -0.4 is 14.9 Å². The quantitative estimate of drug-likeness (QED) is 0.588. The van der Waals surface area contributed by atoms with Crippen molar-refractivity contribution < 1.29 is 22.7 Å². The predicted molar refractivity (Wildman–Crippen MR) is 116 cm³/mol. The maximum atomic E-state index is 12.5. The average molecular weight is 434 g/mol. The number of amides is 1. The van der Waals surface area contributed by atoms with Gasteiger partial charge in [0, 0.05) is 25.5 Å². The van der Waals surface area contributed by atoms with Crippen molar-refractivity contribution in [2.45, 2.75) is 24.8 Å². The van der Waals surface area contributed by atoms with Crippen LogP contribution in [-0.2, 0) is 24.3 Å². The van der Waals surface area contributed by atoms with E-state index in [1.807, 2.05) is 31.1 Å². The molecule has 2 aromatic carbocycles. The second-order valence-electron chi connectivity index (χ2n) is 7.25. The van der Waals surface area contributed by atoms with Gasteiger partial charge in [0.2, 0.25) is 10.0 Å². The lowest BCUT2D eigenvalue weighted by atomic mass is 10.1. The van der Waals surface area contributed by atoms with Crippen molar-refractivity contribution in [2.75, 3.05) is 30.9 Å². The van der Waals surface area contributed by atoms with Crippen molar-refractivity contribution in [3.63, 3.8) is 0 Å². The molecule has 0 spiro atoms. The lowest BCUT2D eigenvalue weighted by Crippen LogP contribution is -2.45. The SMILES string of the molecule is CC(C)[C@H](NS(=O)(=O)c1ccccc1)C(=O)OCC(=O)Nc1ccc(N(C)C)cc1. The molecule has 0 aliphatic heterocycles. The fourth-order valence-corrected chi connectivity index (χ4v) is 3.91. The Morgan fingerprint density at radius 3 is 2.13 bits per heavy atom. The van der Waals surface area contributed by atoms with E-state index in [1.54, 1.807) is 44.2 Å². The second kappa shape index (κ2) is 10.2. The molecule has 0 saturated carbocycles. The van der Waals surface area contributed by atoms with Crippen LogP contribution in [0.5, 0.6) is 0 Å². The normalized spacial score (nSPS) is 12.3. The van der Waals surface area contributed by atoms with Gasteiger partial charge in [0.15, 0.2) is 6.61 Å². The van der Waals surface area contributed by atoms with E-state index in [1.165, 1.54) is 12.1 Å². The predicted octanol–water partition coefficient (Wildman–Crippen LogP) is 2.24. The molecule has 0 radical (unpaired) electrons. The first-order chi connectivity index (χ1) is 14.1. The summed E-state index contributed by atoms with van der Waals surface area (Å²) in [7, 11) is -0.0893. The van der Waals surface area contributed by atoms with Crippen molar-refractivity contribution >= 4 is 33.3 Å². The number of carbonyl (C=O) groups excluding carboxylic acids is 2. The van der Waals surface area contributed by atoms with Crippen LogP contribution in [0.25, 0.3) is 0 Å². The first kappa shape index (κ1) is 23.4. The molecule has 0 aliphatic rings. The number of benzene rings is 2. The summed E-state index contributed by atoms with van der Waals surface area (Å²) in [5, 5.41) is 2.63. The van der Waals surface area contributed by atoms with Crippen LogP contribution in [0.2, 0.25) is 0 Å². The summed E-state index contributed by atoms with van der Waals surface area (Å²) < 4.78 is 32.4. The van der Waals surface area contributed by atoms with E-state index in [0.717, 1.165) is 5.69 Å². The van der Waals surface area contributed by atoms with Crippen molar-refractivity contribution in [3.8, 4) is 0 Å². The molecule has 2 rings (SSSR count). The van der Waals surface area contributed by atoms with Gasteiger partial charge in [-0.3, -0.25) is 9.59 Å². The Balaban J connectivity index is 1.95. The first-order valence-electron chi connectivity index (χ1n) is 9.41. The maximum absolute atomic E-state index is 12.5. The Labute approximate surface area is 177 Å². The fraction of sp³-hybridized carbons (Fsp3) is 0.333. The van der Waals surface area contributed by atoms with Gasteiger partial charge in [0.05, 0.1) is 4.90 Å². The molecule has 0 unspecified atom stereocenters. The Morgan fingerprint density at radius 2 is 1.60 bits per heavy atom. The zero-order valence-electron chi connectivity index (χ0n) is 17.5. The number of sulfonamides is 1. The molecule has 9 heteroatoms. The summed E-state index contributed by atoms with van der Waals surface area (Å²) in [5.74, 6) is -1.71. The zero-order valence-corrected chi connectivity index (χ0v) is 18.3. The van der Waals surface area contributed by atoms with E-state index in [9.17, 15) is 18.0 Å². The highest BCUT2D eigenvalue weighted by Crippen LogP contribution is 2.16. The number of nitrogens with zero attached hydrogens (tertiary/aromatic N) is 1. The van der Waals surface area contributed by atoms with E-state index in [0.29, 0.717) is 5.69 Å². The first-order valence-corrected chi connectivity index (χ1v) is 10.9. The third-order valence-electron chi connectivity index (χ3n) is 4.27. The van der Waals surface area contributed by atoms with Crippen LogP contribution in [-0.4, -0.2) is 47.0 Å². The molecule has 8 nitrogen and oxygen atoms in total. The molecule has 1 amide bonds. The van der Waals surface area contributed by atoms with Crippen LogP contribution in [0.15, 0.2) is 59.5 Å². The Bertz CT molecular complexity index is 958. The van der Waals surface area contributed by atoms with Gasteiger partial charge in [-0.05, 0) is 42.3 Å². The van der Waals surface area contributed by atoms with Crippen LogP contribution >= 0.6 is 0 Å². The second-order valence-corrected chi connectivity index (χ2v) is 8.97. The van der Waals surface area contributed by atoms with Gasteiger partial charge in [0.1, 0.15) is 6.04 Å². The number of anilines is 2. The van der Waals surface area contributed by atoms with Crippen LogP contribution in [0.3, 0.4) is 0 Å². The highest BCUT2D eigenvalue weighted by molar-refractivity contribution is 7.89. The minimum absolute atomic E-state index is 0.0439. The summed E-state index contributed by atoms with van der Waals surface area (Å²) in [6, 6.07) is 13.8. The Hall–Kier alpha value is -2.91. The fourth-order valence-electron chi connectivity index (χ4n) is 2.56. The van der Waals surface area contributed by atoms with Crippen molar-refractivity contribution in [2.24, 2.45) is 5.92 Å². The Morgan fingerprint density at radius 1 is 1.00 bits per heavy atom. The minimum atomic E-state index is -3.90. The lowest BCUT2D eigenvalue weighted by molar-refractivity contribution is -0.150. The molecule has 2 N–H and O–H groups in total. The summed E-state index contributed by atoms with van der Waals surface area (Å²) in [6.07, 6.45) is 0. The number of nitrogens with one attached hydrogen (secondary N) is 2. The lowest BCUT2D eigenvalue weighted by Gasteiger charge is -2.20. The smallest absolute Gasteiger partial charge is 0.324 e. The molecule has 0 saturated heterocycles. The third kappa shape index (κ3) is 6.57. The topological polar surface area (TPSA) is 105 Å². The van der Waals surface area contributed by atoms with Gasteiger partial charge < -0.3 is 15.0 Å². The number of hydrogen-bond donors (Lipinski definition) is 2. The van der Waals surface area contributed by atoms with Crippen LogP contribution in [0.4, 0.5) is 11.4 Å². The number of carbonyl (C=O) groups is 2. The summed E-state index contributed by atoms with van der Waals surface area (Å²) in [6.45, 7) is 2.85. The maximum Gasteiger partial charge on any atom is 0.324 e. The number of hydrogen-bond acceptors (Lipinski definition) is 6. The number of rotatable bonds is 9. The van der Waals surface area contributed by atoms with Crippen LogP contribution in [0.1, 0.15) is 13.8 Å². The molecule has 0 heterocycles. The van der Waals surface area contributed by atoms with E-state index < -0.39 is 34.5 Å². The summed E-state index contributed by atoms with van der Waals surface area (Å²) >= 11 is 0. The largest absolute Gasteiger partial charge is 0.454 e. The highest BCUT2D eigenvalue weighted by atomic mass is 32.2. The molecule has 0 fully saturated rings. The summed E-state index contributed by atoms with van der Waals surface area (Å²) in [4.78, 5) is 26.5. The average Bonchev–Trinajstić information content (AvgIpc) is 2.71. The van der Waals surface area contributed by atoms with Crippen molar-refractivity contribution in [3.05, 3.63) is 54.6 Å². The summed E-state index contributed by atoms with van der Waals surface area (Å²) in [5.41, 5.74) is 1.54. The molecule has 162 valence electrons. The molecular weight excluding hydrogens is 406 g/mol. The van der Waals surface area contributed by atoms with E-state index >= 15 is 0 Å². The molecular formula is C21H27N3O5S. The van der Waals surface area contributed by atoms with Gasteiger partial charge in [-0.15, -0.1) is 0 Å². The van der Waals surface area contributed by atoms with Crippen LogP contribution in [0, 0.1) is 5.92 Å². The minimum Gasteiger partial charge on any atom is -0.454 e. The molecule has 0 aliphatic carbocycles. The van der Waals surface area contributed by atoms with E-state index in [2.05, 4.69) is 10.0 Å². The highest BCUT2D eigenvalue weighted by Gasteiger charge is 2.30. The number of esters is 1. The molecule has 30 heavy (non-hydrogen) atoms. The van der Waals surface area contributed by atoms with Crippen molar-refractivity contribution in [1.29, 1.82) is 0 Å². The van der Waals surface area contributed by atoms with Gasteiger partial charge in [-0.25, -0.2) is 8.42 Å². The molecule has 2 aromatic rings. The van der Waals surface area contributed by atoms with E-state index in [-0.39, 0.29) is 10.8 Å². The van der Waals surface area contributed by atoms with Gasteiger partial charge in [0.25, 0.3) is 5.91 Å².